The Morgan fingerprint density at radius 3 is 1.96 bits per heavy atom. The van der Waals surface area contributed by atoms with Crippen molar-refractivity contribution in [2.75, 3.05) is 5.32 Å². The van der Waals surface area contributed by atoms with Gasteiger partial charge in [0.05, 0.1) is 0 Å². The molecule has 1 nitrogen and oxygen atoms in total. The van der Waals surface area contributed by atoms with Gasteiger partial charge < -0.3 is 5.32 Å². The van der Waals surface area contributed by atoms with Gasteiger partial charge in [-0.3, -0.25) is 0 Å². The minimum absolute atomic E-state index is 0.937. The van der Waals surface area contributed by atoms with E-state index < -0.39 is 0 Å². The average Bonchev–Trinajstić information content (AvgIpc) is 2.60. The lowest BCUT2D eigenvalue weighted by Gasteiger charge is -2.13. The van der Waals surface area contributed by atoms with Crippen LogP contribution in [0.1, 0.15) is 56.9 Å². The third kappa shape index (κ3) is 6.73. The molecule has 126 valence electrons. The van der Waals surface area contributed by atoms with E-state index in [1.807, 2.05) is 27.7 Å². The molecule has 0 saturated carbocycles. The molecule has 2 rings (SSSR count). The lowest BCUT2D eigenvalue weighted by atomic mass is 10.1. The van der Waals surface area contributed by atoms with Gasteiger partial charge in [-0.15, -0.1) is 0 Å². The van der Waals surface area contributed by atoms with Crippen molar-refractivity contribution < 1.29 is 0 Å². The van der Waals surface area contributed by atoms with Gasteiger partial charge in [0.15, 0.2) is 0 Å². The van der Waals surface area contributed by atoms with E-state index >= 15 is 0 Å². The first-order chi connectivity index (χ1) is 11.1. The van der Waals surface area contributed by atoms with Crippen molar-refractivity contribution in [3.05, 3.63) is 71.3 Å². The molecule has 0 fully saturated rings. The number of hydrogen-bond acceptors (Lipinski definition) is 1. The maximum absolute atomic E-state index is 4.12. The van der Waals surface area contributed by atoms with Crippen molar-refractivity contribution in [2.24, 2.45) is 0 Å². The van der Waals surface area contributed by atoms with E-state index in [0.717, 1.165) is 23.4 Å². The molecule has 0 unspecified atom stereocenters. The third-order valence-corrected chi connectivity index (χ3v) is 3.38. The molecule has 0 bridgehead atoms. The number of benzene rings is 2. The minimum Gasteiger partial charge on any atom is -0.355 e. The Balaban J connectivity index is 0.00000112. The highest BCUT2D eigenvalue weighted by molar-refractivity contribution is 5.76. The molecule has 0 atom stereocenters. The largest absolute Gasteiger partial charge is 0.355 e. The number of anilines is 1. The summed E-state index contributed by atoms with van der Waals surface area (Å²) in [5.41, 5.74) is 7.08. The molecule has 0 aliphatic rings. The van der Waals surface area contributed by atoms with Crippen LogP contribution in [0.15, 0.2) is 49.0 Å². The van der Waals surface area contributed by atoms with Crippen LogP contribution in [0.5, 0.6) is 0 Å². The first-order valence-corrected chi connectivity index (χ1v) is 8.72. The topological polar surface area (TPSA) is 12.0 Å². The van der Waals surface area contributed by atoms with Crippen LogP contribution < -0.4 is 5.32 Å². The summed E-state index contributed by atoms with van der Waals surface area (Å²) in [5.74, 6) is 0. The van der Waals surface area contributed by atoms with Crippen LogP contribution in [0.4, 0.5) is 5.69 Å². The molecule has 0 spiro atoms. The monoisotopic (exact) mass is 311 g/mol. The Kier molecular flexibility index (Phi) is 10.5. The molecular formula is C22H33N. The van der Waals surface area contributed by atoms with Gasteiger partial charge in [0.2, 0.25) is 0 Å². The standard InChI is InChI=1S/C18H21N.2C2H6/c1-5-16-8-11-18(14(3)12-16)19-15(4)17-9-6-13(2)7-10-17;2*1-2/h6-12,19H,4-5H2,1-3H3;2*1-2H3. The van der Waals surface area contributed by atoms with E-state index in [1.165, 1.54) is 16.7 Å². The fourth-order valence-electron chi connectivity index (χ4n) is 2.08. The molecular weight excluding hydrogens is 278 g/mol. The number of aryl methyl sites for hydroxylation is 3. The molecule has 2 aromatic rings. The SMILES string of the molecule is C=C(Nc1ccc(CC)cc1C)c1ccc(C)cc1.CC.CC. The first-order valence-electron chi connectivity index (χ1n) is 8.72. The predicted molar refractivity (Wildman–Crippen MR) is 107 cm³/mol. The Bertz CT molecular complexity index is 579. The maximum Gasteiger partial charge on any atom is 0.0414 e. The molecule has 2 aromatic carbocycles. The van der Waals surface area contributed by atoms with Gasteiger partial charge in [-0.05, 0) is 43.0 Å². The van der Waals surface area contributed by atoms with E-state index in [4.69, 9.17) is 0 Å². The first kappa shape index (κ1) is 21.0. The lowest BCUT2D eigenvalue weighted by Crippen LogP contribution is -1.99. The van der Waals surface area contributed by atoms with Crippen molar-refractivity contribution in [2.45, 2.75) is 54.9 Å². The zero-order valence-corrected chi connectivity index (χ0v) is 16.0. The second-order valence-corrected chi connectivity index (χ2v) is 4.97. The Morgan fingerprint density at radius 2 is 1.48 bits per heavy atom. The van der Waals surface area contributed by atoms with Crippen LogP contribution in [-0.4, -0.2) is 0 Å². The number of hydrogen-bond donors (Lipinski definition) is 1. The van der Waals surface area contributed by atoms with Crippen LogP contribution in [0.25, 0.3) is 5.70 Å². The predicted octanol–water partition coefficient (Wildman–Crippen LogP) is 7.00. The van der Waals surface area contributed by atoms with Crippen molar-refractivity contribution in [1.82, 2.24) is 0 Å². The van der Waals surface area contributed by atoms with Gasteiger partial charge in [-0.1, -0.05) is 83.2 Å². The van der Waals surface area contributed by atoms with Crippen LogP contribution in [0.3, 0.4) is 0 Å². The van der Waals surface area contributed by atoms with Crippen molar-refractivity contribution in [3.8, 4) is 0 Å². The molecule has 0 heterocycles. The summed E-state index contributed by atoms with van der Waals surface area (Å²) >= 11 is 0. The van der Waals surface area contributed by atoms with E-state index in [2.05, 4.69) is 75.1 Å². The summed E-state index contributed by atoms with van der Waals surface area (Å²) in [6.07, 6.45) is 1.07. The molecule has 23 heavy (non-hydrogen) atoms. The summed E-state index contributed by atoms with van der Waals surface area (Å²) in [5, 5.41) is 3.40. The van der Waals surface area contributed by atoms with Crippen LogP contribution >= 0.6 is 0 Å². The lowest BCUT2D eigenvalue weighted by molar-refractivity contribution is 1.13. The molecule has 0 aliphatic heterocycles. The highest BCUT2D eigenvalue weighted by Crippen LogP contribution is 2.22. The quantitative estimate of drug-likeness (QED) is 0.641. The Morgan fingerprint density at radius 1 is 0.913 bits per heavy atom. The summed E-state index contributed by atoms with van der Waals surface area (Å²) in [6, 6.07) is 14.9. The Hall–Kier alpha value is -2.02. The second-order valence-electron chi connectivity index (χ2n) is 4.97. The fourth-order valence-corrected chi connectivity index (χ4v) is 2.08. The van der Waals surface area contributed by atoms with Crippen molar-refractivity contribution >= 4 is 11.4 Å². The Labute approximate surface area is 143 Å². The van der Waals surface area contributed by atoms with Crippen molar-refractivity contribution in [1.29, 1.82) is 0 Å². The molecule has 1 heteroatoms. The van der Waals surface area contributed by atoms with Gasteiger partial charge in [0.25, 0.3) is 0 Å². The van der Waals surface area contributed by atoms with Crippen molar-refractivity contribution in [3.63, 3.8) is 0 Å². The molecule has 0 radical (unpaired) electrons. The summed E-state index contributed by atoms with van der Waals surface area (Å²) in [7, 11) is 0. The highest BCUT2D eigenvalue weighted by Gasteiger charge is 2.03. The molecule has 0 saturated heterocycles. The van der Waals surface area contributed by atoms with Gasteiger partial charge in [0, 0.05) is 11.4 Å². The van der Waals surface area contributed by atoms with E-state index in [-0.39, 0.29) is 0 Å². The number of nitrogens with one attached hydrogen (secondary N) is 1. The van der Waals surface area contributed by atoms with Crippen LogP contribution in [-0.2, 0) is 6.42 Å². The smallest absolute Gasteiger partial charge is 0.0414 e. The molecule has 0 amide bonds. The normalized spacial score (nSPS) is 9.00. The number of rotatable bonds is 4. The maximum atomic E-state index is 4.12. The van der Waals surface area contributed by atoms with E-state index in [1.54, 1.807) is 0 Å². The minimum atomic E-state index is 0.937. The molecule has 1 N–H and O–H groups in total. The third-order valence-electron chi connectivity index (χ3n) is 3.38. The van der Waals surface area contributed by atoms with Gasteiger partial charge in [-0.25, -0.2) is 0 Å². The summed E-state index contributed by atoms with van der Waals surface area (Å²) in [4.78, 5) is 0. The average molecular weight is 312 g/mol. The highest BCUT2D eigenvalue weighted by atomic mass is 14.9. The zero-order valence-electron chi connectivity index (χ0n) is 16.0. The summed E-state index contributed by atoms with van der Waals surface area (Å²) < 4.78 is 0. The molecule has 0 aromatic heterocycles. The molecule has 0 aliphatic carbocycles. The second kappa shape index (κ2) is 11.5. The van der Waals surface area contributed by atoms with Gasteiger partial charge in [0.1, 0.15) is 0 Å². The van der Waals surface area contributed by atoms with Gasteiger partial charge >= 0.3 is 0 Å². The summed E-state index contributed by atoms with van der Waals surface area (Å²) in [6.45, 7) is 18.5. The fraction of sp³-hybridized carbons (Fsp3) is 0.364. The van der Waals surface area contributed by atoms with E-state index in [9.17, 15) is 0 Å². The van der Waals surface area contributed by atoms with Gasteiger partial charge in [-0.2, -0.15) is 0 Å². The van der Waals surface area contributed by atoms with Crippen LogP contribution in [0, 0.1) is 13.8 Å². The van der Waals surface area contributed by atoms with Crippen LogP contribution in [0.2, 0.25) is 0 Å². The zero-order chi connectivity index (χ0) is 17.8. The van der Waals surface area contributed by atoms with E-state index in [0.29, 0.717) is 0 Å².